The van der Waals surface area contributed by atoms with Crippen molar-refractivity contribution in [2.24, 2.45) is 0 Å². The van der Waals surface area contributed by atoms with Gasteiger partial charge in [-0.25, -0.2) is 23.1 Å². The number of nitrogens with zero attached hydrogens (tertiary/aromatic N) is 3. The quantitative estimate of drug-likeness (QED) is 0.406. The number of hydrogen-bond acceptors (Lipinski definition) is 7. The first kappa shape index (κ1) is 28.1. The molecule has 2 aliphatic heterocycles. The number of carbonyl (C=O) groups is 1. The monoisotopic (exact) mass is 557 g/mol. The third-order valence-corrected chi connectivity index (χ3v) is 7.90. The summed E-state index contributed by atoms with van der Waals surface area (Å²) in [6, 6.07) is 5.16. The zero-order valence-electron chi connectivity index (χ0n) is 22.9. The molecule has 0 spiro atoms. The van der Waals surface area contributed by atoms with E-state index < -0.39 is 29.4 Å². The number of carbonyl (C=O) groups excluding carboxylic acids is 1. The van der Waals surface area contributed by atoms with Gasteiger partial charge < -0.3 is 25.4 Å². The minimum atomic E-state index is -2.93. The second-order valence-electron chi connectivity index (χ2n) is 10.5. The molecule has 0 aliphatic carbocycles. The largest absolute Gasteiger partial charge is 0.385 e. The van der Waals surface area contributed by atoms with Gasteiger partial charge in [-0.3, -0.25) is 4.79 Å². The van der Waals surface area contributed by atoms with E-state index in [1.807, 2.05) is 6.07 Å². The number of ether oxygens (including phenoxy) is 1. The van der Waals surface area contributed by atoms with Crippen LogP contribution >= 0.6 is 0 Å². The van der Waals surface area contributed by atoms with E-state index in [9.17, 15) is 23.1 Å². The fraction of sp³-hybridized carbons (Fsp3) is 0.483. The lowest BCUT2D eigenvalue weighted by molar-refractivity contribution is -0.133. The summed E-state index contributed by atoms with van der Waals surface area (Å²) >= 11 is 0. The van der Waals surface area contributed by atoms with Crippen LogP contribution in [0.2, 0.25) is 0 Å². The lowest BCUT2D eigenvalue weighted by Crippen LogP contribution is -2.45. The van der Waals surface area contributed by atoms with Crippen LogP contribution in [0.25, 0.3) is 10.9 Å². The average molecular weight is 558 g/mol. The molecular formula is C29H34F3N5O3. The molecule has 2 aromatic carbocycles. The van der Waals surface area contributed by atoms with E-state index in [0.29, 0.717) is 80.2 Å². The highest BCUT2D eigenvalue weighted by Crippen LogP contribution is 2.43. The number of anilines is 2. The highest BCUT2D eigenvalue weighted by molar-refractivity contribution is 6.00. The van der Waals surface area contributed by atoms with Crippen molar-refractivity contribution < 1.29 is 27.8 Å². The Morgan fingerprint density at radius 1 is 1.20 bits per heavy atom. The van der Waals surface area contributed by atoms with Crippen LogP contribution in [-0.2, 0) is 21.6 Å². The summed E-state index contributed by atoms with van der Waals surface area (Å²) in [5, 5.41) is 19.2. The summed E-state index contributed by atoms with van der Waals surface area (Å²) in [6.45, 7) is 7.34. The Balaban J connectivity index is 1.63. The van der Waals surface area contributed by atoms with Crippen LogP contribution in [0.3, 0.4) is 0 Å². The van der Waals surface area contributed by atoms with Crippen molar-refractivity contribution in [2.75, 3.05) is 43.5 Å². The highest BCUT2D eigenvalue weighted by Gasteiger charge is 2.38. The molecule has 0 unspecified atom stereocenters. The van der Waals surface area contributed by atoms with Gasteiger partial charge in [0.15, 0.2) is 0 Å². The Bertz CT molecular complexity index is 1430. The number of aromatic nitrogens is 2. The first-order valence-electron chi connectivity index (χ1n) is 13.6. The molecule has 1 fully saturated rings. The van der Waals surface area contributed by atoms with Crippen molar-refractivity contribution in [1.29, 1.82) is 0 Å². The van der Waals surface area contributed by atoms with Gasteiger partial charge in [0.25, 0.3) is 6.43 Å². The predicted octanol–water partition coefficient (Wildman–Crippen LogP) is 5.00. The molecule has 5 rings (SSSR count). The molecule has 40 heavy (non-hydrogen) atoms. The van der Waals surface area contributed by atoms with Crippen molar-refractivity contribution in [1.82, 2.24) is 14.9 Å². The maximum atomic E-state index is 15.0. The molecule has 0 saturated carbocycles. The van der Waals surface area contributed by atoms with E-state index in [1.54, 1.807) is 18.7 Å². The van der Waals surface area contributed by atoms with Gasteiger partial charge in [0.1, 0.15) is 17.5 Å². The number of halogens is 3. The molecule has 3 heterocycles. The van der Waals surface area contributed by atoms with Crippen molar-refractivity contribution in [3.8, 4) is 0 Å². The van der Waals surface area contributed by atoms with Gasteiger partial charge in [0.2, 0.25) is 5.91 Å². The molecule has 214 valence electrons. The molecule has 3 aromatic rings. The first-order chi connectivity index (χ1) is 19.1. The Morgan fingerprint density at radius 2 is 1.93 bits per heavy atom. The molecule has 1 saturated heterocycles. The fourth-order valence-electron chi connectivity index (χ4n) is 5.73. The van der Waals surface area contributed by atoms with E-state index in [1.165, 1.54) is 19.1 Å². The van der Waals surface area contributed by atoms with Crippen LogP contribution in [0.1, 0.15) is 67.2 Å². The van der Waals surface area contributed by atoms with Crippen molar-refractivity contribution in [3.63, 3.8) is 0 Å². The lowest BCUT2D eigenvalue weighted by Gasteiger charge is -2.40. The van der Waals surface area contributed by atoms with Gasteiger partial charge in [-0.2, -0.15) is 0 Å². The number of amides is 1. The van der Waals surface area contributed by atoms with Gasteiger partial charge >= 0.3 is 0 Å². The standard InChI is InChI=1S/C29H34F3N5O3/c1-16(19-5-4-6-21(24(19)30)27(31)32)34-28-22-15-23(29(39)8-11-37(12-9-29)18(3)38)20-7-13-40-14-10-33-25(20)26(22)35-17(2)36-28/h4-6,15-16,27,33,39H,7-14H2,1-3H3,(H,34,35,36)/t16-/m1/s1. The molecular weight excluding hydrogens is 523 g/mol. The van der Waals surface area contributed by atoms with E-state index in [4.69, 9.17) is 9.72 Å². The zero-order chi connectivity index (χ0) is 28.6. The maximum absolute atomic E-state index is 15.0. The molecule has 2 aliphatic rings. The van der Waals surface area contributed by atoms with Crippen LogP contribution in [0.15, 0.2) is 24.3 Å². The zero-order valence-corrected chi connectivity index (χ0v) is 22.9. The molecule has 1 aromatic heterocycles. The number of nitrogens with one attached hydrogen (secondary N) is 2. The van der Waals surface area contributed by atoms with Crippen LogP contribution in [0.5, 0.6) is 0 Å². The smallest absolute Gasteiger partial charge is 0.266 e. The van der Waals surface area contributed by atoms with E-state index in [2.05, 4.69) is 15.6 Å². The topological polar surface area (TPSA) is 99.6 Å². The summed E-state index contributed by atoms with van der Waals surface area (Å²) in [4.78, 5) is 23.0. The Labute approximate surface area is 230 Å². The third kappa shape index (κ3) is 5.32. The third-order valence-electron chi connectivity index (χ3n) is 7.90. The predicted molar refractivity (Wildman–Crippen MR) is 146 cm³/mol. The van der Waals surface area contributed by atoms with Gasteiger partial charge in [-0.15, -0.1) is 0 Å². The van der Waals surface area contributed by atoms with Gasteiger partial charge in [0, 0.05) is 37.5 Å². The maximum Gasteiger partial charge on any atom is 0.266 e. The Hall–Kier alpha value is -3.44. The number of benzene rings is 2. The van der Waals surface area contributed by atoms with Crippen LogP contribution in [0, 0.1) is 12.7 Å². The Kier molecular flexibility index (Phi) is 7.87. The van der Waals surface area contributed by atoms with Gasteiger partial charge in [-0.05, 0) is 50.3 Å². The minimum absolute atomic E-state index is 0.0292. The number of aliphatic hydroxyl groups is 1. The normalized spacial score (nSPS) is 18.1. The van der Waals surface area contributed by atoms with E-state index in [-0.39, 0.29) is 11.5 Å². The van der Waals surface area contributed by atoms with E-state index in [0.717, 1.165) is 17.3 Å². The number of rotatable bonds is 5. The second-order valence-corrected chi connectivity index (χ2v) is 10.5. The molecule has 1 atom stereocenters. The van der Waals surface area contributed by atoms with Crippen molar-refractivity contribution >= 4 is 28.3 Å². The summed E-state index contributed by atoms with van der Waals surface area (Å²) < 4.78 is 47.4. The SMILES string of the molecule is CC(=O)N1CCC(O)(c2cc3c(N[C@H](C)c4cccc(C(F)F)c4F)nc(C)nc3c3c2CCOCCN3)CC1. The average Bonchev–Trinajstić information content (AvgIpc) is 2.88. The Morgan fingerprint density at radius 3 is 2.62 bits per heavy atom. The molecule has 1 amide bonds. The molecule has 3 N–H and O–H groups in total. The first-order valence-corrected chi connectivity index (χ1v) is 13.6. The number of aryl methyl sites for hydroxylation is 1. The number of alkyl halides is 2. The van der Waals surface area contributed by atoms with Crippen molar-refractivity contribution in [3.05, 3.63) is 58.2 Å². The number of hydrogen-bond donors (Lipinski definition) is 3. The molecule has 0 radical (unpaired) electrons. The summed E-state index contributed by atoms with van der Waals surface area (Å²) in [5.74, 6) is -0.0941. The molecule has 8 nitrogen and oxygen atoms in total. The second kappa shape index (κ2) is 11.2. The van der Waals surface area contributed by atoms with Gasteiger partial charge in [0.05, 0.1) is 41.6 Å². The van der Waals surface area contributed by atoms with E-state index >= 15 is 0 Å². The lowest BCUT2D eigenvalue weighted by atomic mass is 9.79. The highest BCUT2D eigenvalue weighted by atomic mass is 19.3. The summed E-state index contributed by atoms with van der Waals surface area (Å²) in [7, 11) is 0. The van der Waals surface area contributed by atoms with Crippen LogP contribution in [0.4, 0.5) is 24.7 Å². The van der Waals surface area contributed by atoms with Crippen LogP contribution in [-0.4, -0.2) is 58.7 Å². The summed E-state index contributed by atoms with van der Waals surface area (Å²) in [6.07, 6.45) is -1.65. The minimum Gasteiger partial charge on any atom is -0.385 e. The molecule has 0 bridgehead atoms. The number of likely N-dealkylation sites (tertiary alicyclic amines) is 1. The fourth-order valence-corrected chi connectivity index (χ4v) is 5.73. The summed E-state index contributed by atoms with van der Waals surface area (Å²) in [5.41, 5.74) is 1.29. The van der Waals surface area contributed by atoms with Crippen LogP contribution < -0.4 is 10.6 Å². The van der Waals surface area contributed by atoms with Crippen molar-refractivity contribution in [2.45, 2.75) is 58.1 Å². The number of fused-ring (bicyclic) bond motifs is 3. The number of piperidine rings is 1. The molecule has 11 heteroatoms. The van der Waals surface area contributed by atoms with Gasteiger partial charge in [-0.1, -0.05) is 18.2 Å².